The van der Waals surface area contributed by atoms with Crippen LogP contribution in [0.25, 0.3) is 21.8 Å². The summed E-state index contributed by atoms with van der Waals surface area (Å²) in [5.41, 5.74) is 3.02. The Morgan fingerprint density at radius 1 is 1.15 bits per heavy atom. The molecule has 1 unspecified atom stereocenters. The number of esters is 1. The molecule has 0 spiro atoms. The van der Waals surface area contributed by atoms with Gasteiger partial charge in [0.1, 0.15) is 6.10 Å². The van der Waals surface area contributed by atoms with E-state index in [4.69, 9.17) is 16.3 Å². The third-order valence-electron chi connectivity index (χ3n) is 3.40. The van der Waals surface area contributed by atoms with Gasteiger partial charge in [0.05, 0.1) is 0 Å². The number of carbonyl (C=O) groups is 1. The Bertz CT molecular complexity index is 807. The van der Waals surface area contributed by atoms with E-state index in [2.05, 4.69) is 4.98 Å². The van der Waals surface area contributed by atoms with Gasteiger partial charge in [-0.05, 0) is 36.8 Å². The second kappa shape index (κ2) is 4.84. The molecular weight excluding hydrogens is 274 g/mol. The minimum absolute atomic E-state index is 0.257. The molecule has 0 saturated carbocycles. The van der Waals surface area contributed by atoms with E-state index in [0.717, 1.165) is 32.4 Å². The Kier molecular flexibility index (Phi) is 3.14. The predicted octanol–water partition coefficient (Wildman–Crippen LogP) is 4.60. The van der Waals surface area contributed by atoms with Gasteiger partial charge >= 0.3 is 5.97 Å². The molecule has 0 fully saturated rings. The maximum absolute atomic E-state index is 11.0. The number of hydrogen-bond donors (Lipinski definition) is 1. The minimum Gasteiger partial charge on any atom is -0.458 e. The normalized spacial score (nSPS) is 12.8. The number of benzene rings is 2. The summed E-state index contributed by atoms with van der Waals surface area (Å²) in [5.74, 6) is -0.277. The first-order valence-electron chi connectivity index (χ1n) is 6.43. The Morgan fingerprint density at radius 2 is 1.95 bits per heavy atom. The maximum atomic E-state index is 11.0. The Balaban J connectivity index is 2.12. The highest BCUT2D eigenvalue weighted by molar-refractivity contribution is 6.31. The van der Waals surface area contributed by atoms with Crippen LogP contribution in [0.4, 0.5) is 0 Å². The Hall–Kier alpha value is -2.00. The van der Waals surface area contributed by atoms with Gasteiger partial charge in [0.25, 0.3) is 0 Å². The molecule has 102 valence electrons. The first kappa shape index (κ1) is 13.0. The number of rotatable bonds is 2. The van der Waals surface area contributed by atoms with Gasteiger partial charge in [-0.25, -0.2) is 0 Å². The summed E-state index contributed by atoms with van der Waals surface area (Å²) in [6, 6.07) is 11.8. The molecule has 4 heteroatoms. The van der Waals surface area contributed by atoms with Crippen LogP contribution in [0.1, 0.15) is 25.5 Å². The van der Waals surface area contributed by atoms with Gasteiger partial charge in [0, 0.05) is 33.8 Å². The number of ether oxygens (including phenoxy) is 1. The Morgan fingerprint density at radius 3 is 2.70 bits per heavy atom. The summed E-state index contributed by atoms with van der Waals surface area (Å²) in [6.45, 7) is 3.28. The van der Waals surface area contributed by atoms with Crippen molar-refractivity contribution in [3.05, 3.63) is 47.0 Å². The van der Waals surface area contributed by atoms with Crippen molar-refractivity contribution in [3.63, 3.8) is 0 Å². The molecular formula is C16H14ClNO2. The van der Waals surface area contributed by atoms with Crippen LogP contribution in [0.3, 0.4) is 0 Å². The summed E-state index contributed by atoms with van der Waals surface area (Å²) >= 11 is 6.04. The molecule has 0 radical (unpaired) electrons. The van der Waals surface area contributed by atoms with Crippen molar-refractivity contribution in [1.82, 2.24) is 4.98 Å². The van der Waals surface area contributed by atoms with Crippen molar-refractivity contribution in [3.8, 4) is 0 Å². The molecule has 0 amide bonds. The van der Waals surface area contributed by atoms with Crippen molar-refractivity contribution < 1.29 is 9.53 Å². The molecule has 1 atom stereocenters. The fourth-order valence-electron chi connectivity index (χ4n) is 2.46. The van der Waals surface area contributed by atoms with Gasteiger partial charge in [-0.1, -0.05) is 23.7 Å². The van der Waals surface area contributed by atoms with E-state index >= 15 is 0 Å². The first-order chi connectivity index (χ1) is 9.54. The number of hydrogen-bond acceptors (Lipinski definition) is 2. The van der Waals surface area contributed by atoms with Crippen molar-refractivity contribution in [2.75, 3.05) is 0 Å². The quantitative estimate of drug-likeness (QED) is 0.700. The standard InChI is InChI=1S/C16H14ClNO2/c1-9(20-10(2)19)11-3-5-13-14-8-12(17)4-6-15(14)18-16(13)7-11/h3-9,18H,1-2H3. The lowest BCUT2D eigenvalue weighted by Crippen LogP contribution is -2.04. The van der Waals surface area contributed by atoms with Gasteiger partial charge in [-0.2, -0.15) is 0 Å². The fourth-order valence-corrected chi connectivity index (χ4v) is 2.64. The zero-order valence-electron chi connectivity index (χ0n) is 11.2. The molecule has 3 aromatic rings. The molecule has 20 heavy (non-hydrogen) atoms. The fraction of sp³-hybridized carbons (Fsp3) is 0.188. The van der Waals surface area contributed by atoms with Crippen LogP contribution in [0.5, 0.6) is 0 Å². The molecule has 3 rings (SSSR count). The highest BCUT2D eigenvalue weighted by Gasteiger charge is 2.11. The SMILES string of the molecule is CC(=O)OC(C)c1ccc2c(c1)[nH]c1ccc(Cl)cc12. The molecule has 0 aliphatic carbocycles. The molecule has 1 aromatic heterocycles. The molecule has 2 aromatic carbocycles. The third-order valence-corrected chi connectivity index (χ3v) is 3.63. The summed E-state index contributed by atoms with van der Waals surface area (Å²) in [4.78, 5) is 14.4. The predicted molar refractivity (Wildman–Crippen MR) is 81.0 cm³/mol. The van der Waals surface area contributed by atoms with E-state index < -0.39 is 0 Å². The third kappa shape index (κ3) is 2.25. The van der Waals surface area contributed by atoms with Crippen LogP contribution in [0.15, 0.2) is 36.4 Å². The average Bonchev–Trinajstić information content (AvgIpc) is 2.75. The summed E-state index contributed by atoms with van der Waals surface area (Å²) in [6.07, 6.45) is -0.257. The van der Waals surface area contributed by atoms with Crippen molar-refractivity contribution in [2.24, 2.45) is 0 Å². The smallest absolute Gasteiger partial charge is 0.303 e. The molecule has 0 aliphatic rings. The molecule has 0 bridgehead atoms. The van der Waals surface area contributed by atoms with Crippen molar-refractivity contribution in [1.29, 1.82) is 0 Å². The van der Waals surface area contributed by atoms with E-state index in [1.807, 2.05) is 43.3 Å². The number of H-pyrrole nitrogens is 1. The van der Waals surface area contributed by atoms with Gasteiger partial charge < -0.3 is 9.72 Å². The zero-order valence-corrected chi connectivity index (χ0v) is 12.0. The zero-order chi connectivity index (χ0) is 14.3. The number of carbonyl (C=O) groups excluding carboxylic acids is 1. The summed E-state index contributed by atoms with van der Waals surface area (Å²) in [5, 5.41) is 2.93. The van der Waals surface area contributed by atoms with Crippen LogP contribution in [0.2, 0.25) is 5.02 Å². The van der Waals surface area contributed by atoms with E-state index in [1.54, 1.807) is 0 Å². The van der Waals surface area contributed by atoms with Crippen LogP contribution >= 0.6 is 11.6 Å². The van der Waals surface area contributed by atoms with E-state index in [9.17, 15) is 4.79 Å². The lowest BCUT2D eigenvalue weighted by molar-refractivity contribution is -0.145. The van der Waals surface area contributed by atoms with Crippen molar-refractivity contribution >= 4 is 39.4 Å². The number of nitrogens with one attached hydrogen (secondary N) is 1. The number of aromatic nitrogens is 1. The van der Waals surface area contributed by atoms with Gasteiger partial charge in [0.15, 0.2) is 0 Å². The first-order valence-corrected chi connectivity index (χ1v) is 6.80. The lowest BCUT2D eigenvalue weighted by atomic mass is 10.1. The van der Waals surface area contributed by atoms with Gasteiger partial charge in [-0.15, -0.1) is 0 Å². The molecule has 1 heterocycles. The van der Waals surface area contributed by atoms with Crippen LogP contribution in [0, 0.1) is 0 Å². The number of aromatic amines is 1. The number of fused-ring (bicyclic) bond motifs is 3. The van der Waals surface area contributed by atoms with Gasteiger partial charge in [0.2, 0.25) is 0 Å². The summed E-state index contributed by atoms with van der Waals surface area (Å²) < 4.78 is 5.20. The topological polar surface area (TPSA) is 42.1 Å². The largest absolute Gasteiger partial charge is 0.458 e. The van der Waals surface area contributed by atoms with Crippen LogP contribution in [-0.2, 0) is 9.53 Å². The second-order valence-electron chi connectivity index (χ2n) is 4.87. The van der Waals surface area contributed by atoms with Crippen LogP contribution in [-0.4, -0.2) is 11.0 Å². The molecule has 0 aliphatic heterocycles. The molecule has 1 N–H and O–H groups in total. The lowest BCUT2D eigenvalue weighted by Gasteiger charge is -2.11. The molecule has 0 saturated heterocycles. The monoisotopic (exact) mass is 287 g/mol. The number of halogens is 1. The minimum atomic E-state index is -0.277. The van der Waals surface area contributed by atoms with Gasteiger partial charge in [-0.3, -0.25) is 4.79 Å². The highest BCUT2D eigenvalue weighted by Crippen LogP contribution is 2.30. The second-order valence-corrected chi connectivity index (χ2v) is 5.31. The highest BCUT2D eigenvalue weighted by atomic mass is 35.5. The van der Waals surface area contributed by atoms with E-state index in [0.29, 0.717) is 0 Å². The van der Waals surface area contributed by atoms with Crippen LogP contribution < -0.4 is 0 Å². The maximum Gasteiger partial charge on any atom is 0.303 e. The van der Waals surface area contributed by atoms with E-state index in [-0.39, 0.29) is 12.1 Å². The van der Waals surface area contributed by atoms with Crippen molar-refractivity contribution in [2.45, 2.75) is 20.0 Å². The molecule has 3 nitrogen and oxygen atoms in total. The average molecular weight is 288 g/mol. The van der Waals surface area contributed by atoms with E-state index in [1.165, 1.54) is 6.92 Å². The Labute approximate surface area is 121 Å². The summed E-state index contributed by atoms with van der Waals surface area (Å²) in [7, 11) is 0.